The Kier molecular flexibility index (Phi) is 4.99. The highest BCUT2D eigenvalue weighted by molar-refractivity contribution is 6.01. The van der Waals surface area contributed by atoms with Crippen molar-refractivity contribution in [3.63, 3.8) is 0 Å². The minimum Gasteiger partial charge on any atom is -0.441 e. The molecule has 0 saturated carbocycles. The van der Waals surface area contributed by atoms with E-state index < -0.39 is 18.0 Å². The quantitative estimate of drug-likeness (QED) is 0.482. The first-order valence-corrected chi connectivity index (χ1v) is 9.17. The Morgan fingerprint density at radius 1 is 1.10 bits per heavy atom. The molecule has 2 heterocycles. The zero-order valence-electron chi connectivity index (χ0n) is 15.7. The molecule has 0 spiro atoms. The fourth-order valence-corrected chi connectivity index (χ4v) is 3.10. The first-order chi connectivity index (χ1) is 14.0. The molecule has 8 nitrogen and oxygen atoms in total. The summed E-state index contributed by atoms with van der Waals surface area (Å²) in [5.41, 5.74) is 1.50. The van der Waals surface area contributed by atoms with Crippen LogP contribution in [0.4, 0.5) is 4.79 Å². The molecule has 148 valence electrons. The summed E-state index contributed by atoms with van der Waals surface area (Å²) in [6.45, 7) is 1.76. The molecule has 2 aromatic carbocycles. The van der Waals surface area contributed by atoms with Crippen LogP contribution in [0.3, 0.4) is 0 Å². The monoisotopic (exact) mass is 394 g/mol. The number of rotatable bonds is 5. The number of ether oxygens (including phenoxy) is 1. The van der Waals surface area contributed by atoms with E-state index in [2.05, 4.69) is 9.82 Å². The minimum atomic E-state index is -1.11. The van der Waals surface area contributed by atoms with Crippen LogP contribution in [0.15, 0.2) is 46.9 Å². The number of hydrogen-bond donors (Lipinski definition) is 0. The maximum Gasteiger partial charge on any atom is 0.533 e. The predicted molar refractivity (Wildman–Crippen MR) is 101 cm³/mol. The van der Waals surface area contributed by atoms with Crippen molar-refractivity contribution in [3.8, 4) is 11.5 Å². The van der Waals surface area contributed by atoms with Crippen molar-refractivity contribution < 1.29 is 28.4 Å². The summed E-state index contributed by atoms with van der Waals surface area (Å²) in [5, 5.41) is 2.66. The maximum absolute atomic E-state index is 11.7. The van der Waals surface area contributed by atoms with Crippen molar-refractivity contribution in [2.75, 3.05) is 6.61 Å². The molecule has 0 radical (unpaired) electrons. The lowest BCUT2D eigenvalue weighted by Crippen LogP contribution is -2.32. The lowest BCUT2D eigenvalue weighted by atomic mass is 10.1. The van der Waals surface area contributed by atoms with Gasteiger partial charge in [0.1, 0.15) is 12.4 Å². The Balaban J connectivity index is 1.37. The van der Waals surface area contributed by atoms with Gasteiger partial charge in [-0.1, -0.05) is 35.4 Å². The maximum atomic E-state index is 11.7. The van der Waals surface area contributed by atoms with Crippen LogP contribution in [0, 0.1) is 6.92 Å². The van der Waals surface area contributed by atoms with Crippen LogP contribution >= 0.6 is 0 Å². The van der Waals surface area contributed by atoms with Crippen molar-refractivity contribution in [2.45, 2.75) is 26.2 Å². The van der Waals surface area contributed by atoms with Crippen LogP contribution in [0.5, 0.6) is 0 Å². The topological polar surface area (TPSA) is 98.9 Å². The smallest absolute Gasteiger partial charge is 0.441 e. The molecule has 4 rings (SSSR count). The van der Waals surface area contributed by atoms with E-state index in [-0.39, 0.29) is 19.4 Å². The first-order valence-electron chi connectivity index (χ1n) is 9.17. The van der Waals surface area contributed by atoms with Crippen molar-refractivity contribution in [1.29, 1.82) is 0 Å². The van der Waals surface area contributed by atoms with Gasteiger partial charge < -0.3 is 9.15 Å². The number of hydroxylamine groups is 2. The Labute approximate surface area is 166 Å². The minimum absolute atomic E-state index is 0.0282. The second kappa shape index (κ2) is 7.75. The zero-order valence-corrected chi connectivity index (χ0v) is 15.7. The second-order valence-corrected chi connectivity index (χ2v) is 6.61. The van der Waals surface area contributed by atoms with Gasteiger partial charge in [-0.2, -0.15) is 0 Å². The van der Waals surface area contributed by atoms with E-state index in [1.807, 2.05) is 42.5 Å². The average Bonchev–Trinajstić information content (AvgIpc) is 3.24. The average molecular weight is 394 g/mol. The predicted octanol–water partition coefficient (Wildman–Crippen LogP) is 3.56. The molecule has 3 aromatic rings. The molecule has 0 atom stereocenters. The van der Waals surface area contributed by atoms with E-state index in [1.165, 1.54) is 0 Å². The van der Waals surface area contributed by atoms with Gasteiger partial charge in [-0.25, -0.2) is 9.78 Å². The van der Waals surface area contributed by atoms with E-state index in [9.17, 15) is 14.4 Å². The summed E-state index contributed by atoms with van der Waals surface area (Å²) in [4.78, 5) is 43.7. The Morgan fingerprint density at radius 3 is 2.59 bits per heavy atom. The van der Waals surface area contributed by atoms with Gasteiger partial charge >= 0.3 is 6.16 Å². The normalized spacial score (nSPS) is 13.9. The number of fused-ring (bicyclic) bond motifs is 1. The van der Waals surface area contributed by atoms with Gasteiger partial charge in [-0.3, -0.25) is 14.4 Å². The van der Waals surface area contributed by atoms with E-state index in [1.54, 1.807) is 6.92 Å². The van der Waals surface area contributed by atoms with E-state index in [0.717, 1.165) is 16.3 Å². The first kappa shape index (κ1) is 18.7. The summed E-state index contributed by atoms with van der Waals surface area (Å²) >= 11 is 0. The number of benzene rings is 2. The number of carbonyl (C=O) groups excluding carboxylic acids is 3. The molecule has 0 N–H and O–H groups in total. The zero-order chi connectivity index (χ0) is 20.4. The summed E-state index contributed by atoms with van der Waals surface area (Å²) in [6.07, 6.45) is -0.742. The number of nitrogens with zero attached hydrogens (tertiary/aromatic N) is 2. The molecule has 1 aromatic heterocycles. The highest BCUT2D eigenvalue weighted by atomic mass is 16.8. The van der Waals surface area contributed by atoms with E-state index in [4.69, 9.17) is 9.15 Å². The molecule has 1 fully saturated rings. The van der Waals surface area contributed by atoms with Crippen LogP contribution < -0.4 is 0 Å². The molecule has 1 saturated heterocycles. The number of imide groups is 1. The summed E-state index contributed by atoms with van der Waals surface area (Å²) < 4.78 is 10.7. The number of aromatic nitrogens is 1. The van der Waals surface area contributed by atoms with Gasteiger partial charge in [0, 0.05) is 24.8 Å². The van der Waals surface area contributed by atoms with Gasteiger partial charge in [0.25, 0.3) is 11.8 Å². The third-order valence-electron chi connectivity index (χ3n) is 4.62. The van der Waals surface area contributed by atoms with Gasteiger partial charge in [0.2, 0.25) is 5.89 Å². The molecule has 8 heteroatoms. The van der Waals surface area contributed by atoms with Gasteiger partial charge in [-0.15, -0.1) is 0 Å². The molecular formula is C21H18N2O6. The Bertz CT molecular complexity index is 1090. The molecule has 1 aliphatic heterocycles. The molecule has 29 heavy (non-hydrogen) atoms. The van der Waals surface area contributed by atoms with Crippen molar-refractivity contribution >= 4 is 28.7 Å². The Hall–Kier alpha value is -3.68. The van der Waals surface area contributed by atoms with E-state index >= 15 is 0 Å². The Morgan fingerprint density at radius 2 is 1.83 bits per heavy atom. The third kappa shape index (κ3) is 3.96. The van der Waals surface area contributed by atoms with E-state index in [0.29, 0.717) is 28.8 Å². The van der Waals surface area contributed by atoms with Crippen LogP contribution in [0.2, 0.25) is 0 Å². The fourth-order valence-electron chi connectivity index (χ4n) is 3.10. The summed E-state index contributed by atoms with van der Waals surface area (Å²) in [6, 6.07) is 13.9. The van der Waals surface area contributed by atoms with Crippen LogP contribution in [-0.4, -0.2) is 34.6 Å². The highest BCUT2D eigenvalue weighted by Gasteiger charge is 2.33. The van der Waals surface area contributed by atoms with Gasteiger partial charge in [-0.05, 0) is 29.8 Å². The summed E-state index contributed by atoms with van der Waals surface area (Å²) in [7, 11) is 0. The SMILES string of the molecule is Cc1oc(-c2ccc3ccccc3c2)nc1CCOC(=O)ON1C(=O)CCC1=O. The van der Waals surface area contributed by atoms with Crippen LogP contribution in [-0.2, 0) is 25.6 Å². The third-order valence-corrected chi connectivity index (χ3v) is 4.62. The molecular weight excluding hydrogens is 376 g/mol. The number of carbonyl (C=O) groups is 3. The number of aryl methyl sites for hydroxylation is 1. The molecule has 0 aliphatic carbocycles. The number of oxazole rings is 1. The largest absolute Gasteiger partial charge is 0.533 e. The van der Waals surface area contributed by atoms with Crippen LogP contribution in [0.25, 0.3) is 22.2 Å². The molecule has 0 bridgehead atoms. The van der Waals surface area contributed by atoms with Crippen molar-refractivity contribution in [3.05, 3.63) is 53.9 Å². The molecule has 2 amide bonds. The number of hydrogen-bond acceptors (Lipinski definition) is 7. The standard InChI is InChI=1S/C21H18N2O6/c1-13-17(10-11-27-21(26)29-23-18(24)8-9-19(23)25)22-20(28-13)16-7-6-14-4-2-3-5-15(14)12-16/h2-7,12H,8-11H2,1H3. The fraction of sp³-hybridized carbons (Fsp3) is 0.238. The number of amides is 2. The summed E-state index contributed by atoms with van der Waals surface area (Å²) in [5.74, 6) is -0.00670. The van der Waals surface area contributed by atoms with Crippen molar-refractivity contribution in [2.24, 2.45) is 0 Å². The lowest BCUT2D eigenvalue weighted by Gasteiger charge is -2.12. The molecule has 0 unspecified atom stereocenters. The lowest BCUT2D eigenvalue weighted by molar-refractivity contribution is -0.177. The highest BCUT2D eigenvalue weighted by Crippen LogP contribution is 2.26. The second-order valence-electron chi connectivity index (χ2n) is 6.61. The van der Waals surface area contributed by atoms with Gasteiger partial charge in [0.05, 0.1) is 5.69 Å². The van der Waals surface area contributed by atoms with Crippen LogP contribution in [0.1, 0.15) is 24.3 Å². The molecule has 1 aliphatic rings. The van der Waals surface area contributed by atoms with Gasteiger partial charge in [0.15, 0.2) is 0 Å². The van der Waals surface area contributed by atoms with Crippen molar-refractivity contribution in [1.82, 2.24) is 10.0 Å².